The van der Waals surface area contributed by atoms with Gasteiger partial charge in [0.1, 0.15) is 5.82 Å². The van der Waals surface area contributed by atoms with Crippen LogP contribution in [0.5, 0.6) is 0 Å². The van der Waals surface area contributed by atoms with E-state index in [1.54, 1.807) is 4.52 Å². The maximum atomic E-state index is 4.39. The van der Waals surface area contributed by atoms with E-state index in [1.165, 1.54) is 6.42 Å². The summed E-state index contributed by atoms with van der Waals surface area (Å²) in [5.41, 5.74) is 0.786. The lowest BCUT2D eigenvalue weighted by Gasteiger charge is -2.04. The Labute approximate surface area is 88.5 Å². The molecule has 5 heteroatoms. The standard InChI is InChI=1S/C10H15N5/c1-3-4-7-11-9-5-6-10-13-12-8(2)15(10)14-9/h5-6H,3-4,7H2,1-2H3,(H,11,14). The van der Waals surface area contributed by atoms with Gasteiger partial charge in [-0.05, 0) is 25.5 Å². The summed E-state index contributed by atoms with van der Waals surface area (Å²) in [6.45, 7) is 5.02. The molecule has 0 unspecified atom stereocenters. The first kappa shape index (κ1) is 9.89. The summed E-state index contributed by atoms with van der Waals surface area (Å²) in [5.74, 6) is 1.68. The summed E-state index contributed by atoms with van der Waals surface area (Å²) in [4.78, 5) is 0. The van der Waals surface area contributed by atoms with Crippen LogP contribution in [0.25, 0.3) is 5.65 Å². The number of aromatic nitrogens is 4. The summed E-state index contributed by atoms with van der Waals surface area (Å²) in [5, 5.41) is 15.6. The minimum Gasteiger partial charge on any atom is -0.369 e. The maximum absolute atomic E-state index is 4.39. The number of nitrogens with zero attached hydrogens (tertiary/aromatic N) is 4. The Kier molecular flexibility index (Phi) is 2.80. The molecule has 80 valence electrons. The monoisotopic (exact) mass is 205 g/mol. The van der Waals surface area contributed by atoms with E-state index in [0.717, 1.165) is 30.3 Å². The van der Waals surface area contributed by atoms with Crippen molar-refractivity contribution in [3.63, 3.8) is 0 Å². The fourth-order valence-corrected chi connectivity index (χ4v) is 1.38. The number of anilines is 1. The summed E-state index contributed by atoms with van der Waals surface area (Å²) in [6.07, 6.45) is 2.34. The Balaban J connectivity index is 2.18. The Hall–Kier alpha value is -1.65. The highest BCUT2D eigenvalue weighted by Crippen LogP contribution is 2.06. The molecule has 0 radical (unpaired) electrons. The Morgan fingerprint density at radius 3 is 3.00 bits per heavy atom. The summed E-state index contributed by atoms with van der Waals surface area (Å²) in [7, 11) is 0. The van der Waals surface area contributed by atoms with Crippen molar-refractivity contribution in [1.29, 1.82) is 0 Å². The number of rotatable bonds is 4. The molecule has 0 spiro atoms. The van der Waals surface area contributed by atoms with Crippen molar-refractivity contribution in [2.45, 2.75) is 26.7 Å². The predicted octanol–water partition coefficient (Wildman–Crippen LogP) is 1.64. The first-order chi connectivity index (χ1) is 7.31. The summed E-state index contributed by atoms with van der Waals surface area (Å²) < 4.78 is 1.74. The van der Waals surface area contributed by atoms with Gasteiger partial charge >= 0.3 is 0 Å². The highest BCUT2D eigenvalue weighted by Gasteiger charge is 2.02. The average molecular weight is 205 g/mol. The molecule has 2 rings (SSSR count). The summed E-state index contributed by atoms with van der Waals surface area (Å²) >= 11 is 0. The molecule has 0 amide bonds. The van der Waals surface area contributed by atoms with Gasteiger partial charge in [0.05, 0.1) is 0 Å². The van der Waals surface area contributed by atoms with Gasteiger partial charge in [-0.1, -0.05) is 13.3 Å². The van der Waals surface area contributed by atoms with Gasteiger partial charge < -0.3 is 5.32 Å². The Morgan fingerprint density at radius 1 is 1.33 bits per heavy atom. The number of hydrogen-bond donors (Lipinski definition) is 1. The Bertz CT molecular complexity index is 448. The van der Waals surface area contributed by atoms with E-state index in [2.05, 4.69) is 27.5 Å². The van der Waals surface area contributed by atoms with Crippen molar-refractivity contribution in [3.05, 3.63) is 18.0 Å². The van der Waals surface area contributed by atoms with E-state index in [9.17, 15) is 0 Å². The SMILES string of the molecule is CCCCNc1ccc2nnc(C)n2n1. The molecule has 1 N–H and O–H groups in total. The molecule has 2 aromatic rings. The van der Waals surface area contributed by atoms with Gasteiger partial charge in [-0.2, -0.15) is 4.52 Å². The molecule has 0 bridgehead atoms. The molecule has 0 aromatic carbocycles. The third-order valence-corrected chi connectivity index (χ3v) is 2.26. The summed E-state index contributed by atoms with van der Waals surface area (Å²) in [6, 6.07) is 3.85. The number of fused-ring (bicyclic) bond motifs is 1. The maximum Gasteiger partial charge on any atom is 0.178 e. The highest BCUT2D eigenvalue weighted by atomic mass is 15.4. The lowest BCUT2D eigenvalue weighted by atomic mass is 10.3. The second kappa shape index (κ2) is 4.25. The normalized spacial score (nSPS) is 10.8. The minimum absolute atomic E-state index is 0.786. The lowest BCUT2D eigenvalue weighted by Crippen LogP contribution is -2.05. The number of unbranched alkanes of at least 4 members (excludes halogenated alkanes) is 1. The molecule has 0 aliphatic rings. The largest absolute Gasteiger partial charge is 0.369 e. The first-order valence-corrected chi connectivity index (χ1v) is 5.24. The van der Waals surface area contributed by atoms with Crippen LogP contribution in [0, 0.1) is 6.92 Å². The fourth-order valence-electron chi connectivity index (χ4n) is 1.38. The van der Waals surface area contributed by atoms with Gasteiger partial charge in [0.2, 0.25) is 0 Å². The lowest BCUT2D eigenvalue weighted by molar-refractivity contribution is 0.816. The average Bonchev–Trinajstić information content (AvgIpc) is 2.61. The zero-order chi connectivity index (χ0) is 10.7. The number of aryl methyl sites for hydroxylation is 1. The zero-order valence-corrected chi connectivity index (χ0v) is 9.06. The molecule has 0 aliphatic heterocycles. The van der Waals surface area contributed by atoms with Crippen molar-refractivity contribution < 1.29 is 0 Å². The van der Waals surface area contributed by atoms with Crippen LogP contribution < -0.4 is 5.32 Å². The Morgan fingerprint density at radius 2 is 2.20 bits per heavy atom. The molecule has 2 heterocycles. The smallest absolute Gasteiger partial charge is 0.178 e. The molecule has 5 nitrogen and oxygen atoms in total. The van der Waals surface area contributed by atoms with Crippen LogP contribution in [-0.4, -0.2) is 26.4 Å². The van der Waals surface area contributed by atoms with E-state index in [4.69, 9.17) is 0 Å². The quantitative estimate of drug-likeness (QED) is 0.771. The minimum atomic E-state index is 0.786. The first-order valence-electron chi connectivity index (χ1n) is 5.24. The highest BCUT2D eigenvalue weighted by molar-refractivity contribution is 5.43. The van der Waals surface area contributed by atoms with Crippen molar-refractivity contribution >= 4 is 11.5 Å². The van der Waals surface area contributed by atoms with Crippen LogP contribution >= 0.6 is 0 Å². The third-order valence-electron chi connectivity index (χ3n) is 2.26. The van der Waals surface area contributed by atoms with E-state index < -0.39 is 0 Å². The molecule has 2 aromatic heterocycles. The number of hydrogen-bond acceptors (Lipinski definition) is 4. The van der Waals surface area contributed by atoms with E-state index in [0.29, 0.717) is 0 Å². The van der Waals surface area contributed by atoms with Gasteiger partial charge in [0.25, 0.3) is 0 Å². The molecule has 0 fully saturated rings. The van der Waals surface area contributed by atoms with Gasteiger partial charge in [-0.15, -0.1) is 15.3 Å². The molecular weight excluding hydrogens is 190 g/mol. The molecule has 15 heavy (non-hydrogen) atoms. The second-order valence-electron chi connectivity index (χ2n) is 3.52. The molecule has 0 saturated heterocycles. The molecule has 0 saturated carbocycles. The van der Waals surface area contributed by atoms with Gasteiger partial charge in [-0.3, -0.25) is 0 Å². The van der Waals surface area contributed by atoms with Crippen LogP contribution in [0.3, 0.4) is 0 Å². The molecular formula is C10H15N5. The molecule has 0 atom stereocenters. The van der Waals surface area contributed by atoms with Crippen LogP contribution in [-0.2, 0) is 0 Å². The predicted molar refractivity (Wildman–Crippen MR) is 58.9 cm³/mol. The van der Waals surface area contributed by atoms with Gasteiger partial charge in [0.15, 0.2) is 11.5 Å². The van der Waals surface area contributed by atoms with Crippen molar-refractivity contribution in [1.82, 2.24) is 19.8 Å². The van der Waals surface area contributed by atoms with E-state index in [1.807, 2.05) is 19.1 Å². The van der Waals surface area contributed by atoms with Crippen LogP contribution in [0.15, 0.2) is 12.1 Å². The fraction of sp³-hybridized carbons (Fsp3) is 0.500. The van der Waals surface area contributed by atoms with Crippen molar-refractivity contribution in [2.24, 2.45) is 0 Å². The zero-order valence-electron chi connectivity index (χ0n) is 9.06. The second-order valence-corrected chi connectivity index (χ2v) is 3.52. The topological polar surface area (TPSA) is 55.1 Å². The van der Waals surface area contributed by atoms with Crippen molar-refractivity contribution in [3.8, 4) is 0 Å². The number of nitrogens with one attached hydrogen (secondary N) is 1. The van der Waals surface area contributed by atoms with Crippen LogP contribution in [0.1, 0.15) is 25.6 Å². The van der Waals surface area contributed by atoms with Crippen LogP contribution in [0.2, 0.25) is 0 Å². The third kappa shape index (κ3) is 2.06. The van der Waals surface area contributed by atoms with E-state index in [-0.39, 0.29) is 0 Å². The molecule has 0 aliphatic carbocycles. The van der Waals surface area contributed by atoms with Crippen molar-refractivity contribution in [2.75, 3.05) is 11.9 Å². The van der Waals surface area contributed by atoms with Gasteiger partial charge in [-0.25, -0.2) is 0 Å². The van der Waals surface area contributed by atoms with E-state index >= 15 is 0 Å². The van der Waals surface area contributed by atoms with Crippen LogP contribution in [0.4, 0.5) is 5.82 Å². The van der Waals surface area contributed by atoms with Gasteiger partial charge in [0, 0.05) is 6.54 Å².